The van der Waals surface area contributed by atoms with E-state index in [1.54, 1.807) is 30.0 Å². The molecule has 2 aromatic heterocycles. The van der Waals surface area contributed by atoms with Crippen molar-refractivity contribution in [2.45, 2.75) is 20.3 Å². The highest BCUT2D eigenvalue weighted by Gasteiger charge is 2.17. The van der Waals surface area contributed by atoms with Gasteiger partial charge in [-0.05, 0) is 37.3 Å². The van der Waals surface area contributed by atoms with Gasteiger partial charge in [0, 0.05) is 18.7 Å². The molecule has 8 heteroatoms. The number of hydrogen-bond donors (Lipinski definition) is 1. The molecule has 0 bridgehead atoms. The summed E-state index contributed by atoms with van der Waals surface area (Å²) in [6.07, 6.45) is 1.98. The van der Waals surface area contributed by atoms with Crippen LogP contribution in [-0.4, -0.2) is 40.5 Å². The Labute approximate surface area is 157 Å². The number of hydrogen-bond acceptors (Lipinski definition) is 6. The van der Waals surface area contributed by atoms with E-state index < -0.39 is 0 Å². The van der Waals surface area contributed by atoms with Crippen molar-refractivity contribution in [1.29, 1.82) is 0 Å². The van der Waals surface area contributed by atoms with Crippen LogP contribution in [0.15, 0.2) is 47.1 Å². The summed E-state index contributed by atoms with van der Waals surface area (Å²) in [5.74, 6) is 1.01. The van der Waals surface area contributed by atoms with Crippen molar-refractivity contribution >= 4 is 11.6 Å². The number of benzene rings is 1. The molecule has 1 aromatic carbocycles. The van der Waals surface area contributed by atoms with Gasteiger partial charge in [0.05, 0.1) is 18.6 Å². The lowest BCUT2D eigenvalue weighted by Crippen LogP contribution is -2.10. The molecule has 8 nitrogen and oxygen atoms in total. The molecular weight excluding hydrogens is 348 g/mol. The lowest BCUT2D eigenvalue weighted by molar-refractivity contribution is -0.115. The first-order valence-electron chi connectivity index (χ1n) is 8.83. The van der Waals surface area contributed by atoms with Crippen LogP contribution in [0.25, 0.3) is 17.3 Å². The summed E-state index contributed by atoms with van der Waals surface area (Å²) in [5, 5.41) is 7.27. The molecule has 0 saturated heterocycles. The number of nitrogens with one attached hydrogen (secondary N) is 1. The Kier molecular flexibility index (Phi) is 6.22. The molecule has 0 fully saturated rings. The van der Waals surface area contributed by atoms with Gasteiger partial charge in [-0.15, -0.1) is 5.10 Å². The van der Waals surface area contributed by atoms with Gasteiger partial charge >= 0.3 is 6.01 Å². The van der Waals surface area contributed by atoms with Crippen molar-refractivity contribution in [1.82, 2.24) is 14.8 Å². The predicted octanol–water partition coefficient (Wildman–Crippen LogP) is 3.29. The maximum absolute atomic E-state index is 11.7. The number of carbonyl (C=O) groups is 1. The van der Waals surface area contributed by atoms with Crippen molar-refractivity contribution < 1.29 is 18.7 Å². The lowest BCUT2D eigenvalue weighted by Gasteiger charge is -2.08. The zero-order valence-electron chi connectivity index (χ0n) is 15.3. The summed E-state index contributed by atoms with van der Waals surface area (Å²) in [5.41, 5.74) is 1.40. The van der Waals surface area contributed by atoms with Crippen molar-refractivity contribution in [2.24, 2.45) is 0 Å². The van der Waals surface area contributed by atoms with E-state index in [0.717, 1.165) is 5.69 Å². The third kappa shape index (κ3) is 4.73. The van der Waals surface area contributed by atoms with Crippen LogP contribution in [0.3, 0.4) is 0 Å². The summed E-state index contributed by atoms with van der Waals surface area (Å²) in [4.78, 5) is 16.1. The molecule has 2 heterocycles. The van der Waals surface area contributed by atoms with Gasteiger partial charge in [-0.1, -0.05) is 13.0 Å². The molecule has 0 aliphatic carbocycles. The fourth-order valence-corrected chi connectivity index (χ4v) is 2.40. The minimum Gasteiger partial charge on any atom is -0.461 e. The van der Waals surface area contributed by atoms with Crippen LogP contribution in [0.1, 0.15) is 20.3 Å². The second-order valence-electron chi connectivity index (χ2n) is 5.60. The normalized spacial score (nSPS) is 10.7. The Morgan fingerprint density at radius 1 is 1.22 bits per heavy atom. The first kappa shape index (κ1) is 18.7. The number of furan rings is 1. The molecule has 0 aliphatic heterocycles. The van der Waals surface area contributed by atoms with Crippen LogP contribution >= 0.6 is 0 Å². The van der Waals surface area contributed by atoms with Gasteiger partial charge < -0.3 is 19.2 Å². The average Bonchev–Trinajstić information content (AvgIpc) is 3.35. The molecular formula is C19H22N4O4. The molecule has 3 aromatic rings. The van der Waals surface area contributed by atoms with E-state index in [2.05, 4.69) is 15.4 Å². The zero-order chi connectivity index (χ0) is 19.1. The second kappa shape index (κ2) is 9.00. The molecule has 0 aliphatic rings. The van der Waals surface area contributed by atoms with Crippen LogP contribution in [0.4, 0.5) is 5.69 Å². The standard InChI is InChI=1S/C19H22N4O4/c1-3-17(24)20-14-7-5-8-15(13-14)23-18(16-9-6-10-26-16)21-19(22-23)27-12-11-25-4-2/h5-10,13H,3-4,11-12H2,1-2H3,(H,20,24). The van der Waals surface area contributed by atoms with Gasteiger partial charge in [-0.2, -0.15) is 4.98 Å². The summed E-state index contributed by atoms with van der Waals surface area (Å²) in [6.45, 7) is 5.16. The van der Waals surface area contributed by atoms with Gasteiger partial charge in [0.15, 0.2) is 5.76 Å². The van der Waals surface area contributed by atoms with Gasteiger partial charge in [0.25, 0.3) is 0 Å². The first-order chi connectivity index (χ1) is 13.2. The van der Waals surface area contributed by atoms with E-state index in [1.165, 1.54) is 0 Å². The molecule has 0 atom stereocenters. The minimum atomic E-state index is -0.0584. The van der Waals surface area contributed by atoms with Crippen LogP contribution in [0.5, 0.6) is 6.01 Å². The summed E-state index contributed by atoms with van der Waals surface area (Å²) < 4.78 is 17.9. The van der Waals surface area contributed by atoms with E-state index in [4.69, 9.17) is 13.9 Å². The highest BCUT2D eigenvalue weighted by Crippen LogP contribution is 2.25. The van der Waals surface area contributed by atoms with E-state index >= 15 is 0 Å². The lowest BCUT2D eigenvalue weighted by atomic mass is 10.2. The Morgan fingerprint density at radius 3 is 2.85 bits per heavy atom. The van der Waals surface area contributed by atoms with Crippen LogP contribution < -0.4 is 10.1 Å². The largest absolute Gasteiger partial charge is 0.461 e. The topological polar surface area (TPSA) is 91.4 Å². The number of carbonyl (C=O) groups excluding carboxylic acids is 1. The van der Waals surface area contributed by atoms with Gasteiger partial charge in [0.2, 0.25) is 11.7 Å². The summed E-state index contributed by atoms with van der Waals surface area (Å²) >= 11 is 0. The summed E-state index contributed by atoms with van der Waals surface area (Å²) in [6, 6.07) is 11.1. The van der Waals surface area contributed by atoms with E-state index in [0.29, 0.717) is 43.5 Å². The van der Waals surface area contributed by atoms with E-state index in [1.807, 2.05) is 31.2 Å². The quantitative estimate of drug-likeness (QED) is 0.581. The number of anilines is 1. The number of nitrogens with zero attached hydrogens (tertiary/aromatic N) is 3. The Bertz CT molecular complexity index is 874. The smallest absolute Gasteiger partial charge is 0.336 e. The molecule has 0 saturated carbocycles. The third-order valence-corrected chi connectivity index (χ3v) is 3.69. The maximum Gasteiger partial charge on any atom is 0.336 e. The van der Waals surface area contributed by atoms with Crippen molar-refractivity contribution in [3.8, 4) is 23.3 Å². The number of rotatable bonds is 9. The fraction of sp³-hybridized carbons (Fsp3) is 0.316. The first-order valence-corrected chi connectivity index (χ1v) is 8.83. The summed E-state index contributed by atoms with van der Waals surface area (Å²) in [7, 11) is 0. The molecule has 3 rings (SSSR count). The molecule has 27 heavy (non-hydrogen) atoms. The molecule has 0 radical (unpaired) electrons. The van der Waals surface area contributed by atoms with Gasteiger partial charge in [-0.25, -0.2) is 4.68 Å². The number of amides is 1. The minimum absolute atomic E-state index is 0.0584. The molecule has 0 unspecified atom stereocenters. The van der Waals surface area contributed by atoms with Crippen molar-refractivity contribution in [3.05, 3.63) is 42.7 Å². The average molecular weight is 370 g/mol. The van der Waals surface area contributed by atoms with Gasteiger partial charge in [-0.3, -0.25) is 4.79 Å². The maximum atomic E-state index is 11.7. The molecule has 1 N–H and O–H groups in total. The monoisotopic (exact) mass is 370 g/mol. The van der Waals surface area contributed by atoms with Crippen molar-refractivity contribution in [2.75, 3.05) is 25.1 Å². The number of aromatic nitrogens is 3. The zero-order valence-corrected chi connectivity index (χ0v) is 15.3. The van der Waals surface area contributed by atoms with Crippen LogP contribution in [0.2, 0.25) is 0 Å². The fourth-order valence-electron chi connectivity index (χ4n) is 2.40. The molecule has 0 spiro atoms. The number of ether oxygens (including phenoxy) is 2. The SMILES string of the molecule is CCOCCOc1nc(-c2ccco2)n(-c2cccc(NC(=O)CC)c2)n1. The molecule has 1 amide bonds. The predicted molar refractivity (Wildman–Crippen MR) is 100.0 cm³/mol. The Hall–Kier alpha value is -3.13. The van der Waals surface area contributed by atoms with Crippen molar-refractivity contribution in [3.63, 3.8) is 0 Å². The van der Waals surface area contributed by atoms with Gasteiger partial charge in [0.1, 0.15) is 6.61 Å². The van der Waals surface area contributed by atoms with E-state index in [-0.39, 0.29) is 11.9 Å². The van der Waals surface area contributed by atoms with Crippen LogP contribution in [0, 0.1) is 0 Å². The Morgan fingerprint density at radius 2 is 2.11 bits per heavy atom. The highest BCUT2D eigenvalue weighted by molar-refractivity contribution is 5.90. The highest BCUT2D eigenvalue weighted by atomic mass is 16.5. The van der Waals surface area contributed by atoms with Crippen LogP contribution in [-0.2, 0) is 9.53 Å². The Balaban J connectivity index is 1.90. The van der Waals surface area contributed by atoms with E-state index in [9.17, 15) is 4.79 Å². The second-order valence-corrected chi connectivity index (χ2v) is 5.60. The third-order valence-electron chi connectivity index (χ3n) is 3.69. The molecule has 142 valence electrons.